The Morgan fingerprint density at radius 1 is 1.33 bits per heavy atom. The fourth-order valence-electron chi connectivity index (χ4n) is 1.99. The molecule has 1 aliphatic heterocycles. The Bertz CT molecular complexity index is 606. The number of esters is 1. The summed E-state index contributed by atoms with van der Waals surface area (Å²) in [5.41, 5.74) is 4.55. The van der Waals surface area contributed by atoms with Gasteiger partial charge in [0.05, 0.1) is 17.7 Å². The van der Waals surface area contributed by atoms with Crippen LogP contribution < -0.4 is 5.48 Å². The van der Waals surface area contributed by atoms with E-state index in [1.165, 1.54) is 13.2 Å². The van der Waals surface area contributed by atoms with Crippen molar-refractivity contribution in [2.45, 2.75) is 26.9 Å². The first-order chi connectivity index (χ1) is 9.75. The van der Waals surface area contributed by atoms with Gasteiger partial charge < -0.3 is 4.74 Å². The van der Waals surface area contributed by atoms with Gasteiger partial charge in [0, 0.05) is 21.7 Å². The number of allylic oxidation sites excluding steroid dienone is 1. The summed E-state index contributed by atoms with van der Waals surface area (Å²) in [6.07, 6.45) is 1.46. The molecule has 4 nitrogen and oxygen atoms in total. The van der Waals surface area contributed by atoms with E-state index >= 15 is 0 Å². The predicted molar refractivity (Wildman–Crippen MR) is 82.3 cm³/mol. The molecule has 114 valence electrons. The van der Waals surface area contributed by atoms with Gasteiger partial charge in [0.15, 0.2) is 0 Å². The van der Waals surface area contributed by atoms with Gasteiger partial charge in [-0.2, -0.15) is 0 Å². The highest BCUT2D eigenvalue weighted by Crippen LogP contribution is 2.40. The van der Waals surface area contributed by atoms with E-state index in [-0.39, 0.29) is 16.0 Å². The molecule has 1 aromatic rings. The lowest BCUT2D eigenvalue weighted by Gasteiger charge is -2.19. The van der Waals surface area contributed by atoms with E-state index in [2.05, 4.69) is 26.3 Å². The predicted octanol–water partition coefficient (Wildman–Crippen LogP) is 4.29. The normalized spacial score (nSPS) is 18.2. The molecule has 0 fully saturated rings. The summed E-state index contributed by atoms with van der Waals surface area (Å²) in [5.74, 6) is -0.510. The van der Waals surface area contributed by atoms with Crippen LogP contribution in [0.15, 0.2) is 23.9 Å². The maximum atomic E-state index is 11.7. The molecule has 1 aliphatic rings. The zero-order valence-corrected chi connectivity index (χ0v) is 13.8. The largest absolute Gasteiger partial charge is 0.465 e. The van der Waals surface area contributed by atoms with Crippen molar-refractivity contribution < 1.29 is 14.4 Å². The number of benzene rings is 1. The standard InChI is InChI=1S/C15H17Cl2NO3/c1-15(2,3)11-7-10(21-18-11)12-9(16)6-5-8(13(12)17)14(19)20-4/h5-7,10,18H,1-4H3. The molecule has 1 unspecified atom stereocenters. The second-order valence-corrected chi connectivity index (χ2v) is 6.57. The third-order valence-corrected chi connectivity index (χ3v) is 3.98. The van der Waals surface area contributed by atoms with E-state index in [1.54, 1.807) is 6.07 Å². The van der Waals surface area contributed by atoms with Crippen molar-refractivity contribution in [2.75, 3.05) is 7.11 Å². The van der Waals surface area contributed by atoms with E-state index in [1.807, 2.05) is 6.08 Å². The maximum Gasteiger partial charge on any atom is 0.339 e. The molecule has 0 bridgehead atoms. The molecule has 0 aromatic heterocycles. The van der Waals surface area contributed by atoms with Gasteiger partial charge in [0.2, 0.25) is 0 Å². The van der Waals surface area contributed by atoms with E-state index < -0.39 is 12.1 Å². The van der Waals surface area contributed by atoms with Crippen molar-refractivity contribution in [1.82, 2.24) is 5.48 Å². The highest BCUT2D eigenvalue weighted by molar-refractivity contribution is 6.38. The number of rotatable bonds is 2. The first-order valence-corrected chi connectivity index (χ1v) is 7.21. The average molecular weight is 330 g/mol. The second kappa shape index (κ2) is 5.87. The van der Waals surface area contributed by atoms with Gasteiger partial charge in [-0.05, 0) is 18.2 Å². The monoisotopic (exact) mass is 329 g/mol. The molecular formula is C15H17Cl2NO3. The Morgan fingerprint density at radius 2 is 2.00 bits per heavy atom. The molecule has 0 radical (unpaired) electrons. The fraction of sp³-hybridized carbons (Fsp3) is 0.400. The van der Waals surface area contributed by atoms with Crippen LogP contribution in [0.5, 0.6) is 0 Å². The van der Waals surface area contributed by atoms with Gasteiger partial charge in [0.25, 0.3) is 0 Å². The highest BCUT2D eigenvalue weighted by Gasteiger charge is 2.30. The van der Waals surface area contributed by atoms with Crippen LogP contribution >= 0.6 is 23.2 Å². The summed E-state index contributed by atoms with van der Waals surface area (Å²) >= 11 is 12.5. The van der Waals surface area contributed by atoms with Crippen molar-refractivity contribution >= 4 is 29.2 Å². The van der Waals surface area contributed by atoms with Crippen LogP contribution in [0.4, 0.5) is 0 Å². The summed E-state index contributed by atoms with van der Waals surface area (Å²) < 4.78 is 4.71. The van der Waals surface area contributed by atoms with Gasteiger partial charge in [-0.1, -0.05) is 44.0 Å². The Hall–Kier alpha value is -1.23. The summed E-state index contributed by atoms with van der Waals surface area (Å²) in [5, 5.41) is 0.679. The van der Waals surface area contributed by atoms with Crippen LogP contribution in [0.25, 0.3) is 0 Å². The Balaban J connectivity index is 2.46. The molecule has 6 heteroatoms. The Labute approximate surface area is 134 Å². The first-order valence-electron chi connectivity index (χ1n) is 6.46. The molecule has 1 atom stereocenters. The minimum absolute atomic E-state index is 0.0896. The van der Waals surface area contributed by atoms with Crippen LogP contribution in [-0.4, -0.2) is 13.1 Å². The molecule has 0 spiro atoms. The molecule has 2 rings (SSSR count). The van der Waals surface area contributed by atoms with Crippen molar-refractivity contribution in [3.05, 3.63) is 45.1 Å². The number of carbonyl (C=O) groups excluding carboxylic acids is 1. The number of halogens is 2. The number of hydrogen-bond donors (Lipinski definition) is 1. The van der Waals surface area contributed by atoms with E-state index in [0.29, 0.717) is 10.6 Å². The minimum Gasteiger partial charge on any atom is -0.465 e. The van der Waals surface area contributed by atoms with Gasteiger partial charge >= 0.3 is 5.97 Å². The number of hydroxylamine groups is 1. The maximum absolute atomic E-state index is 11.7. The third kappa shape index (κ3) is 3.18. The Kier molecular flexibility index (Phi) is 4.51. The minimum atomic E-state index is -0.510. The smallest absolute Gasteiger partial charge is 0.339 e. The van der Waals surface area contributed by atoms with Crippen LogP contribution in [0.1, 0.15) is 42.8 Å². The molecule has 0 aliphatic carbocycles. The van der Waals surface area contributed by atoms with E-state index in [0.717, 1.165) is 5.70 Å². The quantitative estimate of drug-likeness (QED) is 0.822. The zero-order chi connectivity index (χ0) is 15.8. The van der Waals surface area contributed by atoms with Crippen molar-refractivity contribution in [2.24, 2.45) is 5.41 Å². The zero-order valence-electron chi connectivity index (χ0n) is 12.3. The van der Waals surface area contributed by atoms with Gasteiger partial charge in [-0.3, -0.25) is 10.3 Å². The van der Waals surface area contributed by atoms with Crippen LogP contribution in [-0.2, 0) is 9.57 Å². The molecule has 0 saturated carbocycles. The molecular weight excluding hydrogens is 313 g/mol. The SMILES string of the molecule is COC(=O)c1ccc(Cl)c(C2C=C(C(C)(C)C)NO2)c1Cl. The number of carbonyl (C=O) groups is 1. The van der Waals surface area contributed by atoms with Crippen molar-refractivity contribution in [3.8, 4) is 0 Å². The number of ether oxygens (including phenoxy) is 1. The topological polar surface area (TPSA) is 47.6 Å². The summed E-state index contributed by atoms with van der Waals surface area (Å²) in [6.45, 7) is 6.18. The first kappa shape index (κ1) is 16.1. The summed E-state index contributed by atoms with van der Waals surface area (Å²) in [4.78, 5) is 17.3. The molecule has 1 heterocycles. The lowest BCUT2D eigenvalue weighted by atomic mass is 9.91. The van der Waals surface area contributed by atoms with Crippen LogP contribution in [0.2, 0.25) is 10.0 Å². The van der Waals surface area contributed by atoms with E-state index in [4.69, 9.17) is 32.8 Å². The molecule has 0 amide bonds. The number of methoxy groups -OCH3 is 1. The summed E-state index contributed by atoms with van der Waals surface area (Å²) in [7, 11) is 1.30. The third-order valence-electron chi connectivity index (χ3n) is 3.24. The average Bonchev–Trinajstić information content (AvgIpc) is 2.87. The van der Waals surface area contributed by atoms with Crippen LogP contribution in [0.3, 0.4) is 0 Å². The molecule has 0 saturated heterocycles. The van der Waals surface area contributed by atoms with Crippen LogP contribution in [0, 0.1) is 5.41 Å². The second-order valence-electron chi connectivity index (χ2n) is 5.79. The molecule has 1 aromatic carbocycles. The summed E-state index contributed by atoms with van der Waals surface area (Å²) in [6, 6.07) is 3.15. The fourth-order valence-corrected chi connectivity index (χ4v) is 2.65. The molecule has 1 N–H and O–H groups in total. The van der Waals surface area contributed by atoms with Gasteiger partial charge in [0.1, 0.15) is 6.10 Å². The van der Waals surface area contributed by atoms with Gasteiger partial charge in [-0.25, -0.2) is 4.79 Å². The van der Waals surface area contributed by atoms with Crippen molar-refractivity contribution in [3.63, 3.8) is 0 Å². The van der Waals surface area contributed by atoms with E-state index in [9.17, 15) is 4.79 Å². The lowest BCUT2D eigenvalue weighted by molar-refractivity contribution is 0.0349. The lowest BCUT2D eigenvalue weighted by Crippen LogP contribution is -2.19. The highest BCUT2D eigenvalue weighted by atomic mass is 35.5. The van der Waals surface area contributed by atoms with Gasteiger partial charge in [-0.15, -0.1) is 0 Å². The number of nitrogens with one attached hydrogen (secondary N) is 1. The van der Waals surface area contributed by atoms with Crippen molar-refractivity contribution in [1.29, 1.82) is 0 Å². The Morgan fingerprint density at radius 3 is 2.52 bits per heavy atom. The number of hydrogen-bond acceptors (Lipinski definition) is 4. The molecule has 21 heavy (non-hydrogen) atoms.